The van der Waals surface area contributed by atoms with Crippen LogP contribution in [0.4, 0.5) is 0 Å². The minimum atomic E-state index is -0.503. The second kappa shape index (κ2) is 7.33. The molecule has 1 saturated heterocycles. The Balaban J connectivity index is 1.51. The van der Waals surface area contributed by atoms with Crippen molar-refractivity contribution in [2.45, 2.75) is 57.6 Å². The zero-order chi connectivity index (χ0) is 19.1. The highest BCUT2D eigenvalue weighted by Crippen LogP contribution is 2.35. The van der Waals surface area contributed by atoms with Crippen LogP contribution in [0.2, 0.25) is 0 Å². The fourth-order valence-electron chi connectivity index (χ4n) is 4.30. The SMILES string of the molecule is CC1CCc2c(sc3nc(CCC(=O)N4C[C@H](O)C[C@@H]4CN)[nH]c(=O)c23)C1. The molecule has 1 fully saturated rings. The first-order chi connectivity index (χ1) is 13.0. The molecule has 4 rings (SSSR count). The van der Waals surface area contributed by atoms with E-state index in [1.165, 1.54) is 10.4 Å². The first kappa shape index (κ1) is 18.6. The number of hydrogen-bond donors (Lipinski definition) is 3. The molecular formula is C19H26N4O3S. The second-order valence-corrected chi connectivity index (χ2v) is 8.95. The number of hydrogen-bond acceptors (Lipinski definition) is 6. The highest BCUT2D eigenvalue weighted by Gasteiger charge is 2.33. The Kier molecular flexibility index (Phi) is 5.05. The first-order valence-corrected chi connectivity index (χ1v) is 10.5. The van der Waals surface area contributed by atoms with E-state index >= 15 is 0 Å². The van der Waals surface area contributed by atoms with E-state index in [0.717, 1.165) is 29.5 Å². The van der Waals surface area contributed by atoms with E-state index < -0.39 is 6.10 Å². The van der Waals surface area contributed by atoms with E-state index in [-0.39, 0.29) is 23.9 Å². The number of fused-ring (bicyclic) bond motifs is 3. The molecule has 1 unspecified atom stereocenters. The van der Waals surface area contributed by atoms with Crippen molar-refractivity contribution in [1.82, 2.24) is 14.9 Å². The van der Waals surface area contributed by atoms with E-state index in [1.54, 1.807) is 16.2 Å². The number of nitrogens with one attached hydrogen (secondary N) is 1. The number of aromatic amines is 1. The highest BCUT2D eigenvalue weighted by atomic mass is 32.1. The van der Waals surface area contributed by atoms with Crippen LogP contribution in [0.15, 0.2) is 4.79 Å². The Hall–Kier alpha value is -1.77. The summed E-state index contributed by atoms with van der Waals surface area (Å²) in [6.45, 7) is 2.93. The number of amides is 1. The highest BCUT2D eigenvalue weighted by molar-refractivity contribution is 7.18. The van der Waals surface area contributed by atoms with Gasteiger partial charge in [0, 0.05) is 36.9 Å². The van der Waals surface area contributed by atoms with Gasteiger partial charge in [-0.1, -0.05) is 6.92 Å². The molecule has 1 amide bonds. The lowest BCUT2D eigenvalue weighted by atomic mass is 9.89. The third-order valence-corrected chi connectivity index (χ3v) is 6.92. The van der Waals surface area contributed by atoms with Crippen molar-refractivity contribution in [2.24, 2.45) is 11.7 Å². The lowest BCUT2D eigenvalue weighted by Gasteiger charge is -2.23. The average Bonchev–Trinajstić information content (AvgIpc) is 3.19. The Bertz CT molecular complexity index is 922. The summed E-state index contributed by atoms with van der Waals surface area (Å²) in [5.74, 6) is 1.15. The maximum atomic E-state index is 12.6. The maximum Gasteiger partial charge on any atom is 0.259 e. The van der Waals surface area contributed by atoms with Crippen LogP contribution >= 0.6 is 11.3 Å². The summed E-state index contributed by atoms with van der Waals surface area (Å²) in [5, 5.41) is 10.5. The number of aromatic nitrogens is 2. The lowest BCUT2D eigenvalue weighted by Crippen LogP contribution is -2.40. The summed E-state index contributed by atoms with van der Waals surface area (Å²) in [6, 6.07) is -0.104. The van der Waals surface area contributed by atoms with Gasteiger partial charge in [0.1, 0.15) is 10.7 Å². The van der Waals surface area contributed by atoms with Gasteiger partial charge in [-0.3, -0.25) is 9.59 Å². The number of thiophene rings is 1. The van der Waals surface area contributed by atoms with Gasteiger partial charge in [0.15, 0.2) is 0 Å². The summed E-state index contributed by atoms with van der Waals surface area (Å²) in [5.41, 5.74) is 6.78. The number of aliphatic hydroxyl groups is 1. The van der Waals surface area contributed by atoms with Crippen LogP contribution in [0.1, 0.15) is 42.5 Å². The number of rotatable bonds is 4. The molecule has 0 radical (unpaired) electrons. The van der Waals surface area contributed by atoms with Crippen molar-refractivity contribution >= 4 is 27.5 Å². The van der Waals surface area contributed by atoms with Crippen LogP contribution in [0.25, 0.3) is 10.2 Å². The van der Waals surface area contributed by atoms with Gasteiger partial charge in [-0.25, -0.2) is 4.98 Å². The van der Waals surface area contributed by atoms with Gasteiger partial charge in [-0.15, -0.1) is 11.3 Å². The molecule has 0 spiro atoms. The molecule has 3 atom stereocenters. The minimum Gasteiger partial charge on any atom is -0.391 e. The number of likely N-dealkylation sites (tertiary alicyclic amines) is 1. The van der Waals surface area contributed by atoms with Crippen molar-refractivity contribution in [3.05, 3.63) is 26.6 Å². The molecule has 1 aliphatic heterocycles. The molecule has 8 heteroatoms. The quantitative estimate of drug-likeness (QED) is 0.720. The number of carbonyl (C=O) groups excluding carboxylic acids is 1. The van der Waals surface area contributed by atoms with E-state index in [4.69, 9.17) is 5.73 Å². The fourth-order valence-corrected chi connectivity index (χ4v) is 5.70. The molecule has 27 heavy (non-hydrogen) atoms. The molecule has 3 heterocycles. The van der Waals surface area contributed by atoms with Crippen molar-refractivity contribution in [3.8, 4) is 0 Å². The second-order valence-electron chi connectivity index (χ2n) is 7.87. The predicted octanol–water partition coefficient (Wildman–Crippen LogP) is 0.962. The zero-order valence-electron chi connectivity index (χ0n) is 15.5. The van der Waals surface area contributed by atoms with Gasteiger partial charge < -0.3 is 20.7 Å². The summed E-state index contributed by atoms with van der Waals surface area (Å²) in [6.07, 6.45) is 3.72. The largest absolute Gasteiger partial charge is 0.391 e. The maximum absolute atomic E-state index is 12.6. The van der Waals surface area contributed by atoms with E-state index in [1.807, 2.05) is 0 Å². The molecule has 0 aromatic carbocycles. The number of β-amino-alcohol motifs (C(OH)–C–C–N with tert-alkyl or cyclic N) is 1. The number of nitrogens with zero attached hydrogens (tertiary/aromatic N) is 2. The van der Waals surface area contributed by atoms with Crippen LogP contribution in [0, 0.1) is 5.92 Å². The van der Waals surface area contributed by atoms with Crippen LogP contribution in [0.3, 0.4) is 0 Å². The zero-order valence-corrected chi connectivity index (χ0v) is 16.3. The number of nitrogens with two attached hydrogens (primary N) is 1. The van der Waals surface area contributed by atoms with Crippen LogP contribution < -0.4 is 11.3 Å². The molecule has 1 aliphatic carbocycles. The van der Waals surface area contributed by atoms with E-state index in [9.17, 15) is 14.7 Å². The monoisotopic (exact) mass is 390 g/mol. The van der Waals surface area contributed by atoms with Gasteiger partial charge in [0.2, 0.25) is 5.91 Å². The summed E-state index contributed by atoms with van der Waals surface area (Å²) in [7, 11) is 0. The smallest absolute Gasteiger partial charge is 0.259 e. The Morgan fingerprint density at radius 3 is 3.07 bits per heavy atom. The Labute approximate surface area is 161 Å². The van der Waals surface area contributed by atoms with Gasteiger partial charge in [0.25, 0.3) is 5.56 Å². The normalized spacial score (nSPS) is 25.1. The van der Waals surface area contributed by atoms with Crippen molar-refractivity contribution in [1.29, 1.82) is 0 Å². The Morgan fingerprint density at radius 2 is 2.30 bits per heavy atom. The topological polar surface area (TPSA) is 112 Å². The minimum absolute atomic E-state index is 0.0518. The molecule has 0 saturated carbocycles. The number of H-pyrrole nitrogens is 1. The molecule has 2 aromatic rings. The number of carbonyl (C=O) groups is 1. The molecular weight excluding hydrogens is 364 g/mol. The molecule has 7 nitrogen and oxygen atoms in total. The van der Waals surface area contributed by atoms with Crippen molar-refractivity contribution < 1.29 is 9.90 Å². The average molecular weight is 391 g/mol. The number of aryl methyl sites for hydroxylation is 2. The lowest BCUT2D eigenvalue weighted by molar-refractivity contribution is -0.132. The van der Waals surface area contributed by atoms with Crippen molar-refractivity contribution in [3.63, 3.8) is 0 Å². The van der Waals surface area contributed by atoms with Gasteiger partial charge in [-0.05, 0) is 37.2 Å². The fraction of sp³-hybridized carbons (Fsp3) is 0.632. The van der Waals surface area contributed by atoms with Gasteiger partial charge in [-0.2, -0.15) is 0 Å². The standard InChI is InChI=1S/C19H26N4O3S/c1-10-2-3-13-14(6-10)27-19-17(13)18(26)21-15(22-19)4-5-16(25)23-9-12(24)7-11(23)8-20/h10-12,24H,2-9,20H2,1H3,(H,21,22,26)/t10?,11-,12-/m1/s1. The third kappa shape index (κ3) is 3.53. The molecule has 0 bridgehead atoms. The number of aliphatic hydroxyl groups excluding tert-OH is 1. The summed E-state index contributed by atoms with van der Waals surface area (Å²) in [4.78, 5) is 36.4. The van der Waals surface area contributed by atoms with Gasteiger partial charge >= 0.3 is 0 Å². The predicted molar refractivity (Wildman–Crippen MR) is 105 cm³/mol. The van der Waals surface area contributed by atoms with Crippen molar-refractivity contribution in [2.75, 3.05) is 13.1 Å². The summed E-state index contributed by atoms with van der Waals surface area (Å²) >= 11 is 1.62. The summed E-state index contributed by atoms with van der Waals surface area (Å²) < 4.78 is 0. The van der Waals surface area contributed by atoms with Gasteiger partial charge in [0.05, 0.1) is 11.5 Å². The van der Waals surface area contributed by atoms with E-state index in [2.05, 4.69) is 16.9 Å². The molecule has 2 aromatic heterocycles. The van der Waals surface area contributed by atoms with E-state index in [0.29, 0.717) is 37.7 Å². The van der Waals surface area contributed by atoms with Crippen LogP contribution in [0.5, 0.6) is 0 Å². The molecule has 146 valence electrons. The molecule has 4 N–H and O–H groups in total. The first-order valence-electron chi connectivity index (χ1n) is 9.67. The Morgan fingerprint density at radius 1 is 1.48 bits per heavy atom. The molecule has 2 aliphatic rings. The van der Waals surface area contributed by atoms with Crippen LogP contribution in [-0.4, -0.2) is 51.1 Å². The van der Waals surface area contributed by atoms with Crippen LogP contribution in [-0.2, 0) is 24.1 Å². The third-order valence-electron chi connectivity index (χ3n) is 5.77.